The molecule has 7 heteroatoms. The topological polar surface area (TPSA) is 66.2 Å². The first-order valence-corrected chi connectivity index (χ1v) is 9.39. The van der Waals surface area contributed by atoms with E-state index in [1.54, 1.807) is 20.3 Å². The molecular formula is C20H19N3O3S. The van der Waals surface area contributed by atoms with Gasteiger partial charge in [0.1, 0.15) is 11.5 Å². The first-order valence-electron chi connectivity index (χ1n) is 8.17. The summed E-state index contributed by atoms with van der Waals surface area (Å²) in [6, 6.07) is 14.9. The van der Waals surface area contributed by atoms with Crippen LogP contribution in [-0.2, 0) is 0 Å². The highest BCUT2D eigenvalue weighted by molar-refractivity contribution is 7.98. The number of allylic oxidation sites excluding steroid dienone is 1. The molecule has 0 spiro atoms. The van der Waals surface area contributed by atoms with Gasteiger partial charge >= 0.3 is 0 Å². The number of carbonyl (C=O) groups is 1. The summed E-state index contributed by atoms with van der Waals surface area (Å²) in [6.07, 6.45) is 5.03. The predicted molar refractivity (Wildman–Crippen MR) is 106 cm³/mol. The average Bonchev–Trinajstić information content (AvgIpc) is 3.17. The molecule has 0 saturated carbocycles. The van der Waals surface area contributed by atoms with Crippen LogP contribution < -0.4 is 9.47 Å². The fourth-order valence-electron chi connectivity index (χ4n) is 2.47. The van der Waals surface area contributed by atoms with Crippen molar-refractivity contribution in [1.29, 1.82) is 0 Å². The van der Waals surface area contributed by atoms with Crippen LogP contribution in [-0.4, -0.2) is 41.1 Å². The van der Waals surface area contributed by atoms with E-state index < -0.39 is 0 Å². The lowest BCUT2D eigenvalue weighted by Crippen LogP contribution is -2.10. The van der Waals surface area contributed by atoms with Crippen LogP contribution in [0.4, 0.5) is 0 Å². The van der Waals surface area contributed by atoms with Crippen molar-refractivity contribution < 1.29 is 14.3 Å². The van der Waals surface area contributed by atoms with Crippen LogP contribution >= 0.6 is 11.8 Å². The van der Waals surface area contributed by atoms with Crippen LogP contribution in [0.1, 0.15) is 10.4 Å². The third-order valence-electron chi connectivity index (χ3n) is 3.86. The highest BCUT2D eigenvalue weighted by atomic mass is 32.2. The summed E-state index contributed by atoms with van der Waals surface area (Å²) in [4.78, 5) is 17.1. The molecule has 0 saturated heterocycles. The lowest BCUT2D eigenvalue weighted by atomic mass is 10.2. The molecule has 0 amide bonds. The molecular weight excluding hydrogens is 362 g/mol. The van der Waals surface area contributed by atoms with Crippen LogP contribution in [0.3, 0.4) is 0 Å². The minimum atomic E-state index is -0.280. The zero-order chi connectivity index (χ0) is 19.2. The third kappa shape index (κ3) is 4.20. The fraction of sp³-hybridized carbons (Fsp3) is 0.150. The Morgan fingerprint density at radius 3 is 2.48 bits per heavy atom. The Labute approximate surface area is 161 Å². The van der Waals surface area contributed by atoms with Gasteiger partial charge in [0.2, 0.25) is 0 Å². The molecule has 0 radical (unpaired) electrons. The second kappa shape index (κ2) is 8.55. The zero-order valence-electron chi connectivity index (χ0n) is 15.2. The van der Waals surface area contributed by atoms with E-state index >= 15 is 0 Å². The molecule has 1 heterocycles. The Bertz CT molecular complexity index is 965. The Morgan fingerprint density at radius 1 is 1.07 bits per heavy atom. The van der Waals surface area contributed by atoms with Gasteiger partial charge in [-0.2, -0.15) is 4.68 Å². The van der Waals surface area contributed by atoms with Crippen LogP contribution in [0.5, 0.6) is 11.5 Å². The summed E-state index contributed by atoms with van der Waals surface area (Å²) in [7, 11) is 3.21. The Kier molecular flexibility index (Phi) is 5.93. The molecule has 0 bridgehead atoms. The van der Waals surface area contributed by atoms with Crippen molar-refractivity contribution in [2.75, 3.05) is 20.5 Å². The van der Waals surface area contributed by atoms with Crippen molar-refractivity contribution in [2.45, 2.75) is 5.16 Å². The van der Waals surface area contributed by atoms with E-state index in [0.717, 1.165) is 16.9 Å². The Balaban J connectivity index is 1.88. The number of nitrogens with zero attached hydrogens (tertiary/aromatic N) is 3. The molecule has 0 fully saturated rings. The van der Waals surface area contributed by atoms with Gasteiger partial charge in [0.05, 0.1) is 14.2 Å². The maximum absolute atomic E-state index is 12.6. The summed E-state index contributed by atoms with van der Waals surface area (Å²) in [5.74, 6) is 1.65. The summed E-state index contributed by atoms with van der Waals surface area (Å²) in [6.45, 7) is 0. The fourth-order valence-corrected chi connectivity index (χ4v) is 2.95. The largest absolute Gasteiger partial charge is 0.497 e. The van der Waals surface area contributed by atoms with Gasteiger partial charge in [-0.15, -0.1) is 5.10 Å². The van der Waals surface area contributed by atoms with Crippen LogP contribution in [0.15, 0.2) is 59.8 Å². The van der Waals surface area contributed by atoms with Gasteiger partial charge in [0.15, 0.2) is 11.0 Å². The number of hydrogen-bond acceptors (Lipinski definition) is 6. The van der Waals surface area contributed by atoms with Crippen LogP contribution in [0, 0.1) is 0 Å². The van der Waals surface area contributed by atoms with Gasteiger partial charge in [-0.25, -0.2) is 4.98 Å². The van der Waals surface area contributed by atoms with Crippen molar-refractivity contribution >= 4 is 23.7 Å². The first kappa shape index (κ1) is 18.7. The minimum absolute atomic E-state index is 0.280. The van der Waals surface area contributed by atoms with Gasteiger partial charge in [-0.3, -0.25) is 4.79 Å². The van der Waals surface area contributed by atoms with E-state index in [2.05, 4.69) is 10.1 Å². The summed E-state index contributed by atoms with van der Waals surface area (Å²) >= 11 is 1.36. The molecule has 0 aliphatic carbocycles. The van der Waals surface area contributed by atoms with Crippen LogP contribution in [0.25, 0.3) is 17.5 Å². The number of carbonyl (C=O) groups excluding carboxylic acids is 1. The number of methoxy groups -OCH3 is 2. The Hall–Kier alpha value is -3.06. The van der Waals surface area contributed by atoms with Crippen molar-refractivity contribution in [2.24, 2.45) is 0 Å². The number of benzene rings is 2. The second-order valence-corrected chi connectivity index (χ2v) is 6.25. The van der Waals surface area contributed by atoms with E-state index in [1.807, 2.05) is 54.8 Å². The van der Waals surface area contributed by atoms with Crippen molar-refractivity contribution in [3.05, 3.63) is 60.2 Å². The smallest absolute Gasteiger partial charge is 0.273 e. The lowest BCUT2D eigenvalue weighted by molar-refractivity contribution is 0.0944. The summed E-state index contributed by atoms with van der Waals surface area (Å²) in [5, 5.41) is 4.90. The standard InChI is InChI=1S/C20H19N3O3S/c1-25-16-11-8-15(9-12-16)19-21-20(27-3)23(22-19)18(24)13-10-14-6-4-5-7-17(14)26-2/h4-13H,1-3H3/b13-10+. The number of aromatic nitrogens is 3. The minimum Gasteiger partial charge on any atom is -0.497 e. The number of thioether (sulfide) groups is 1. The summed E-state index contributed by atoms with van der Waals surface area (Å²) < 4.78 is 11.8. The maximum atomic E-state index is 12.6. The lowest BCUT2D eigenvalue weighted by Gasteiger charge is -2.03. The van der Waals surface area contributed by atoms with Gasteiger partial charge in [-0.05, 0) is 42.7 Å². The molecule has 0 unspecified atom stereocenters. The Morgan fingerprint density at radius 2 is 1.81 bits per heavy atom. The monoisotopic (exact) mass is 381 g/mol. The average molecular weight is 381 g/mol. The molecule has 27 heavy (non-hydrogen) atoms. The number of hydrogen-bond donors (Lipinski definition) is 0. The molecule has 0 N–H and O–H groups in total. The predicted octanol–water partition coefficient (Wildman–Crippen LogP) is 4.04. The molecule has 0 aliphatic heterocycles. The van der Waals surface area contributed by atoms with Gasteiger partial charge in [-0.1, -0.05) is 30.0 Å². The first-order chi connectivity index (χ1) is 13.2. The van der Waals surface area contributed by atoms with Crippen molar-refractivity contribution in [3.8, 4) is 22.9 Å². The third-order valence-corrected chi connectivity index (χ3v) is 4.49. The number of para-hydroxylation sites is 1. The highest BCUT2D eigenvalue weighted by Gasteiger charge is 2.15. The molecule has 6 nitrogen and oxygen atoms in total. The molecule has 138 valence electrons. The normalized spacial score (nSPS) is 10.9. The van der Waals surface area contributed by atoms with Crippen LogP contribution in [0.2, 0.25) is 0 Å². The van der Waals surface area contributed by atoms with Gasteiger partial charge < -0.3 is 9.47 Å². The van der Waals surface area contributed by atoms with Gasteiger partial charge in [0, 0.05) is 17.2 Å². The maximum Gasteiger partial charge on any atom is 0.273 e. The number of rotatable bonds is 6. The molecule has 1 aromatic heterocycles. The molecule has 0 aliphatic rings. The van der Waals surface area contributed by atoms with Gasteiger partial charge in [0.25, 0.3) is 5.91 Å². The van der Waals surface area contributed by atoms with Crippen molar-refractivity contribution in [3.63, 3.8) is 0 Å². The quantitative estimate of drug-likeness (QED) is 0.474. The van der Waals surface area contributed by atoms with E-state index in [-0.39, 0.29) is 5.91 Å². The number of ether oxygens (including phenoxy) is 2. The van der Waals surface area contributed by atoms with E-state index in [9.17, 15) is 4.79 Å². The highest BCUT2D eigenvalue weighted by Crippen LogP contribution is 2.23. The zero-order valence-corrected chi connectivity index (χ0v) is 16.1. The molecule has 2 aromatic carbocycles. The molecule has 3 rings (SSSR count). The molecule has 3 aromatic rings. The van der Waals surface area contributed by atoms with E-state index in [4.69, 9.17) is 9.47 Å². The molecule has 0 atom stereocenters. The SMILES string of the molecule is COc1ccc(-c2nc(SC)n(C(=O)/C=C/c3ccccc3OC)n2)cc1. The van der Waals surface area contributed by atoms with E-state index in [0.29, 0.717) is 16.7 Å². The second-order valence-electron chi connectivity index (χ2n) is 5.48. The van der Waals surface area contributed by atoms with Crippen molar-refractivity contribution in [1.82, 2.24) is 14.8 Å². The van der Waals surface area contributed by atoms with E-state index in [1.165, 1.54) is 22.5 Å². The summed E-state index contributed by atoms with van der Waals surface area (Å²) in [5.41, 5.74) is 1.63.